The molecular weight excluding hydrogens is 242 g/mol. The van der Waals surface area contributed by atoms with Crippen LogP contribution in [0.2, 0.25) is 0 Å². The normalized spacial score (nSPS) is 35.4. The second-order valence-corrected chi connectivity index (χ2v) is 6.20. The van der Waals surface area contributed by atoms with Crippen molar-refractivity contribution < 1.29 is 14.7 Å². The highest BCUT2D eigenvalue weighted by atomic mass is 16.4. The minimum absolute atomic E-state index is 0.0556. The molecule has 1 aliphatic heterocycles. The van der Waals surface area contributed by atoms with Crippen LogP contribution in [0.25, 0.3) is 0 Å². The third-order valence-electron chi connectivity index (χ3n) is 5.04. The van der Waals surface area contributed by atoms with E-state index in [1.54, 1.807) is 4.90 Å². The Morgan fingerprint density at radius 1 is 1.26 bits per heavy atom. The zero-order valence-corrected chi connectivity index (χ0v) is 12.0. The molecule has 2 aliphatic rings. The number of carboxylic acid groups (broad SMARTS) is 1. The van der Waals surface area contributed by atoms with Gasteiger partial charge in [0.15, 0.2) is 0 Å². The van der Waals surface area contributed by atoms with Crippen molar-refractivity contribution in [3.05, 3.63) is 0 Å². The van der Waals surface area contributed by atoms with Gasteiger partial charge in [-0.15, -0.1) is 0 Å². The Morgan fingerprint density at radius 2 is 2.00 bits per heavy atom. The third kappa shape index (κ3) is 2.93. The van der Waals surface area contributed by atoms with Gasteiger partial charge in [0.05, 0.1) is 0 Å². The van der Waals surface area contributed by atoms with E-state index in [9.17, 15) is 14.7 Å². The molecule has 0 bridgehead atoms. The third-order valence-corrected chi connectivity index (χ3v) is 5.04. The largest absolute Gasteiger partial charge is 0.480 e. The quantitative estimate of drug-likeness (QED) is 0.854. The number of hydrogen-bond donors (Lipinski definition) is 1. The molecule has 0 aromatic carbocycles. The second kappa shape index (κ2) is 5.93. The molecule has 1 aliphatic carbocycles. The Labute approximate surface area is 115 Å². The monoisotopic (exact) mass is 267 g/mol. The number of carbonyl (C=O) groups is 2. The van der Waals surface area contributed by atoms with E-state index in [1.807, 2.05) is 0 Å². The topological polar surface area (TPSA) is 57.6 Å². The molecule has 4 heteroatoms. The van der Waals surface area contributed by atoms with Gasteiger partial charge in [-0.1, -0.05) is 26.7 Å². The maximum absolute atomic E-state index is 12.6. The van der Waals surface area contributed by atoms with Crippen LogP contribution in [0.1, 0.15) is 52.4 Å². The maximum Gasteiger partial charge on any atom is 0.326 e. The molecule has 2 fully saturated rings. The summed E-state index contributed by atoms with van der Waals surface area (Å²) in [6.45, 7) is 4.84. The highest BCUT2D eigenvalue weighted by Gasteiger charge is 2.40. The summed E-state index contributed by atoms with van der Waals surface area (Å²) in [6.07, 6.45) is 5.71. The van der Waals surface area contributed by atoms with E-state index in [0.29, 0.717) is 24.8 Å². The van der Waals surface area contributed by atoms with E-state index in [4.69, 9.17) is 0 Å². The van der Waals surface area contributed by atoms with Crippen LogP contribution in [0.15, 0.2) is 0 Å². The number of carbonyl (C=O) groups excluding carboxylic acids is 1. The van der Waals surface area contributed by atoms with Gasteiger partial charge < -0.3 is 10.0 Å². The lowest BCUT2D eigenvalue weighted by Crippen LogP contribution is -2.52. The molecule has 4 atom stereocenters. The van der Waals surface area contributed by atoms with Crippen LogP contribution < -0.4 is 0 Å². The van der Waals surface area contributed by atoms with E-state index in [1.165, 1.54) is 0 Å². The van der Waals surface area contributed by atoms with E-state index in [-0.39, 0.29) is 11.8 Å². The van der Waals surface area contributed by atoms with Gasteiger partial charge in [0.1, 0.15) is 6.04 Å². The van der Waals surface area contributed by atoms with Gasteiger partial charge >= 0.3 is 5.97 Å². The first kappa shape index (κ1) is 14.4. The van der Waals surface area contributed by atoms with Crippen LogP contribution in [0.4, 0.5) is 0 Å². The predicted octanol–water partition coefficient (Wildman–Crippen LogP) is 2.52. The summed E-state index contributed by atoms with van der Waals surface area (Å²) in [4.78, 5) is 25.7. The average Bonchev–Trinajstić information content (AvgIpc) is 2.83. The van der Waals surface area contributed by atoms with Gasteiger partial charge in [0.25, 0.3) is 0 Å². The maximum atomic E-state index is 12.6. The standard InChI is InChI=1S/C15H25NO3/c1-3-11-7-8-16(13(9-11)15(18)19)14(17)12-6-4-5-10(12)2/h10-13H,3-9H2,1-2H3,(H,18,19). The van der Waals surface area contributed by atoms with Crippen LogP contribution in [-0.2, 0) is 9.59 Å². The van der Waals surface area contributed by atoms with Crippen LogP contribution in [0.5, 0.6) is 0 Å². The van der Waals surface area contributed by atoms with Crippen LogP contribution in [-0.4, -0.2) is 34.5 Å². The van der Waals surface area contributed by atoms with Crippen molar-refractivity contribution in [2.75, 3.05) is 6.54 Å². The summed E-state index contributed by atoms with van der Waals surface area (Å²) in [5, 5.41) is 9.39. The molecule has 4 nitrogen and oxygen atoms in total. The number of amides is 1. The number of carboxylic acids is 1. The van der Waals surface area contributed by atoms with Crippen molar-refractivity contribution in [1.82, 2.24) is 4.90 Å². The second-order valence-electron chi connectivity index (χ2n) is 6.20. The van der Waals surface area contributed by atoms with Crippen molar-refractivity contribution in [1.29, 1.82) is 0 Å². The summed E-state index contributed by atoms with van der Waals surface area (Å²) in [6, 6.07) is -0.598. The van der Waals surface area contributed by atoms with Crippen LogP contribution in [0, 0.1) is 17.8 Å². The number of rotatable bonds is 3. The number of hydrogen-bond acceptors (Lipinski definition) is 2. The SMILES string of the molecule is CCC1CCN(C(=O)C2CCCC2C)C(C(=O)O)C1. The van der Waals surface area contributed by atoms with E-state index >= 15 is 0 Å². The smallest absolute Gasteiger partial charge is 0.326 e. The number of nitrogens with zero attached hydrogens (tertiary/aromatic N) is 1. The zero-order valence-electron chi connectivity index (χ0n) is 12.0. The van der Waals surface area contributed by atoms with Crippen LogP contribution in [0.3, 0.4) is 0 Å². The fourth-order valence-electron chi connectivity index (χ4n) is 3.63. The zero-order chi connectivity index (χ0) is 14.0. The van der Waals surface area contributed by atoms with Crippen molar-refractivity contribution in [3.8, 4) is 0 Å². The molecule has 2 rings (SSSR count). The molecule has 1 saturated heterocycles. The van der Waals surface area contributed by atoms with Crippen molar-refractivity contribution in [2.45, 2.75) is 58.4 Å². The molecule has 0 spiro atoms. The summed E-state index contributed by atoms with van der Waals surface area (Å²) in [5.41, 5.74) is 0. The molecule has 4 unspecified atom stereocenters. The van der Waals surface area contributed by atoms with Gasteiger partial charge in [-0.05, 0) is 37.5 Å². The molecule has 1 heterocycles. The Hall–Kier alpha value is -1.06. The predicted molar refractivity (Wildman–Crippen MR) is 72.7 cm³/mol. The summed E-state index contributed by atoms with van der Waals surface area (Å²) >= 11 is 0. The molecule has 1 saturated carbocycles. The Balaban J connectivity index is 2.08. The van der Waals surface area contributed by atoms with E-state index in [0.717, 1.165) is 32.1 Å². The molecular formula is C15H25NO3. The Kier molecular flexibility index (Phi) is 4.48. The number of piperidine rings is 1. The molecule has 108 valence electrons. The summed E-state index contributed by atoms with van der Waals surface area (Å²) in [7, 11) is 0. The first-order chi connectivity index (χ1) is 9.04. The highest BCUT2D eigenvalue weighted by Crippen LogP contribution is 2.35. The lowest BCUT2D eigenvalue weighted by atomic mass is 9.87. The van der Waals surface area contributed by atoms with Crippen molar-refractivity contribution in [3.63, 3.8) is 0 Å². The summed E-state index contributed by atoms with van der Waals surface area (Å²) < 4.78 is 0. The molecule has 1 N–H and O–H groups in total. The first-order valence-corrected chi connectivity index (χ1v) is 7.57. The molecule has 0 aromatic rings. The van der Waals surface area contributed by atoms with Gasteiger partial charge in [0, 0.05) is 12.5 Å². The first-order valence-electron chi connectivity index (χ1n) is 7.57. The van der Waals surface area contributed by atoms with Gasteiger partial charge in [0.2, 0.25) is 5.91 Å². The minimum atomic E-state index is -0.836. The molecule has 0 aromatic heterocycles. The molecule has 0 radical (unpaired) electrons. The van der Waals surface area contributed by atoms with E-state index in [2.05, 4.69) is 13.8 Å². The van der Waals surface area contributed by atoms with Crippen molar-refractivity contribution >= 4 is 11.9 Å². The lowest BCUT2D eigenvalue weighted by Gasteiger charge is -2.38. The van der Waals surface area contributed by atoms with E-state index < -0.39 is 12.0 Å². The summed E-state index contributed by atoms with van der Waals surface area (Å²) in [5.74, 6) is 0.168. The fraction of sp³-hybridized carbons (Fsp3) is 0.867. The van der Waals surface area contributed by atoms with Crippen LogP contribution >= 0.6 is 0 Å². The highest BCUT2D eigenvalue weighted by molar-refractivity contribution is 5.85. The van der Waals surface area contributed by atoms with Crippen molar-refractivity contribution in [2.24, 2.45) is 17.8 Å². The molecule has 1 amide bonds. The average molecular weight is 267 g/mol. The lowest BCUT2D eigenvalue weighted by molar-refractivity contribution is -0.155. The Bertz CT molecular complexity index is 355. The van der Waals surface area contributed by atoms with Gasteiger partial charge in [-0.25, -0.2) is 4.79 Å². The fourth-order valence-corrected chi connectivity index (χ4v) is 3.63. The Morgan fingerprint density at radius 3 is 2.53 bits per heavy atom. The molecule has 19 heavy (non-hydrogen) atoms. The number of likely N-dealkylation sites (tertiary alicyclic amines) is 1. The number of aliphatic carboxylic acids is 1. The van der Waals surface area contributed by atoms with Gasteiger partial charge in [-0.3, -0.25) is 4.79 Å². The van der Waals surface area contributed by atoms with Gasteiger partial charge in [-0.2, -0.15) is 0 Å². The minimum Gasteiger partial charge on any atom is -0.480 e.